The molecule has 23 heavy (non-hydrogen) atoms. The highest BCUT2D eigenvalue weighted by Gasteiger charge is 2.06. The van der Waals surface area contributed by atoms with Crippen LogP contribution in [0, 0.1) is 34.0 Å². The number of allylic oxidation sites excluding steroid dienone is 2. The quantitative estimate of drug-likeness (QED) is 0.844. The monoisotopic (exact) mass is 320 g/mol. The molecule has 5 nitrogen and oxygen atoms in total. The topological polar surface area (TPSA) is 92.6 Å². The molecule has 0 saturated carbocycles. The summed E-state index contributed by atoms with van der Waals surface area (Å²) in [6, 6.07) is 18.8. The molecule has 0 heterocycles. The number of nitrogens with one attached hydrogen (secondary N) is 1. The Labute approximate surface area is 138 Å². The molecule has 110 valence electrons. The third-order valence-electron chi connectivity index (χ3n) is 2.76. The molecule has 0 aliphatic rings. The molecule has 2 aromatic carbocycles. The van der Waals surface area contributed by atoms with Crippen molar-refractivity contribution >= 4 is 17.3 Å². The summed E-state index contributed by atoms with van der Waals surface area (Å²) >= 11 is 5.81. The molecule has 0 spiro atoms. The van der Waals surface area contributed by atoms with Crippen LogP contribution in [-0.4, -0.2) is 0 Å². The first kappa shape index (κ1) is 15.9. The Balaban J connectivity index is 2.13. The summed E-state index contributed by atoms with van der Waals surface area (Å²) in [4.78, 5) is 0. The molecule has 0 fully saturated rings. The van der Waals surface area contributed by atoms with Gasteiger partial charge in [0.2, 0.25) is 0 Å². The number of ether oxygens (including phenoxy) is 1. The summed E-state index contributed by atoms with van der Waals surface area (Å²) < 4.78 is 5.64. The highest BCUT2D eigenvalue weighted by Crippen LogP contribution is 2.24. The summed E-state index contributed by atoms with van der Waals surface area (Å²) in [6.07, 6.45) is 0. The molecule has 0 radical (unpaired) electrons. The van der Waals surface area contributed by atoms with E-state index in [1.807, 2.05) is 0 Å². The Morgan fingerprint density at radius 1 is 0.826 bits per heavy atom. The molecule has 0 aliphatic carbocycles. The van der Waals surface area contributed by atoms with Crippen molar-refractivity contribution in [3.05, 3.63) is 64.8 Å². The predicted molar refractivity (Wildman–Crippen MR) is 85.5 cm³/mol. The van der Waals surface area contributed by atoms with Crippen LogP contribution >= 0.6 is 11.6 Å². The molecular formula is C17H9ClN4O. The molecule has 0 unspecified atom stereocenters. The summed E-state index contributed by atoms with van der Waals surface area (Å²) in [5.41, 5.74) is 0.198. The van der Waals surface area contributed by atoms with E-state index in [1.54, 1.807) is 66.7 Å². The molecule has 0 bridgehead atoms. The van der Waals surface area contributed by atoms with Crippen molar-refractivity contribution < 1.29 is 4.74 Å². The number of halogens is 1. The molecule has 0 saturated heterocycles. The van der Waals surface area contributed by atoms with Crippen LogP contribution in [0.2, 0.25) is 5.02 Å². The summed E-state index contributed by atoms with van der Waals surface area (Å²) in [6.45, 7) is 0. The number of anilines is 1. The van der Waals surface area contributed by atoms with Gasteiger partial charge in [-0.25, -0.2) is 0 Å². The van der Waals surface area contributed by atoms with Crippen LogP contribution in [0.3, 0.4) is 0 Å². The zero-order valence-corrected chi connectivity index (χ0v) is 12.5. The molecule has 0 aromatic heterocycles. The summed E-state index contributed by atoms with van der Waals surface area (Å²) in [5.74, 6) is 1.24. The van der Waals surface area contributed by atoms with Crippen molar-refractivity contribution in [3.63, 3.8) is 0 Å². The van der Waals surface area contributed by atoms with Gasteiger partial charge >= 0.3 is 0 Å². The van der Waals surface area contributed by atoms with E-state index < -0.39 is 0 Å². The molecule has 2 rings (SSSR count). The largest absolute Gasteiger partial charge is 0.457 e. The standard InChI is InChI=1S/C17H9ClN4O/c18-13-1-5-15(6-2-13)23-16-7-3-14(4-8-16)22-17(11-21)12(9-19)10-20/h1-8,22H. The van der Waals surface area contributed by atoms with Crippen molar-refractivity contribution in [1.29, 1.82) is 15.8 Å². The predicted octanol–water partition coefficient (Wildman–Crippen LogP) is 4.37. The number of benzene rings is 2. The van der Waals surface area contributed by atoms with Crippen LogP contribution in [0.15, 0.2) is 59.8 Å². The van der Waals surface area contributed by atoms with Gasteiger partial charge in [-0.15, -0.1) is 0 Å². The van der Waals surface area contributed by atoms with E-state index in [0.717, 1.165) is 0 Å². The number of hydrogen-bond acceptors (Lipinski definition) is 5. The van der Waals surface area contributed by atoms with Gasteiger partial charge < -0.3 is 10.1 Å². The van der Waals surface area contributed by atoms with Gasteiger partial charge in [-0.2, -0.15) is 15.8 Å². The van der Waals surface area contributed by atoms with Crippen molar-refractivity contribution in [2.24, 2.45) is 0 Å². The van der Waals surface area contributed by atoms with E-state index in [2.05, 4.69) is 5.32 Å². The van der Waals surface area contributed by atoms with Crippen LogP contribution in [0.1, 0.15) is 0 Å². The van der Waals surface area contributed by atoms with Crippen molar-refractivity contribution in [2.75, 3.05) is 5.32 Å². The molecule has 2 aromatic rings. The lowest BCUT2D eigenvalue weighted by Crippen LogP contribution is -2.00. The van der Waals surface area contributed by atoms with Gasteiger partial charge in [-0.3, -0.25) is 0 Å². The second kappa shape index (κ2) is 7.52. The Bertz CT molecular complexity index is 834. The third kappa shape index (κ3) is 4.25. The van der Waals surface area contributed by atoms with Gasteiger partial charge in [0.05, 0.1) is 0 Å². The Morgan fingerprint density at radius 2 is 1.35 bits per heavy atom. The van der Waals surface area contributed by atoms with Crippen LogP contribution in [-0.2, 0) is 0 Å². The first-order chi connectivity index (χ1) is 11.2. The minimum absolute atomic E-state index is 0.0960. The second-order valence-corrected chi connectivity index (χ2v) is 4.73. The Kier molecular flexibility index (Phi) is 5.21. The van der Waals surface area contributed by atoms with E-state index in [4.69, 9.17) is 32.1 Å². The first-order valence-corrected chi connectivity index (χ1v) is 6.79. The average Bonchev–Trinajstić information content (AvgIpc) is 2.58. The molecule has 1 N–H and O–H groups in total. The normalized spacial score (nSPS) is 8.96. The maximum atomic E-state index is 8.98. The van der Waals surface area contributed by atoms with Gasteiger partial charge in [0.25, 0.3) is 0 Å². The van der Waals surface area contributed by atoms with Crippen LogP contribution in [0.4, 0.5) is 5.69 Å². The van der Waals surface area contributed by atoms with Gasteiger partial charge in [0, 0.05) is 10.7 Å². The lowest BCUT2D eigenvalue weighted by Gasteiger charge is -2.08. The molecule has 6 heteroatoms. The van der Waals surface area contributed by atoms with Crippen molar-refractivity contribution in [2.45, 2.75) is 0 Å². The lowest BCUT2D eigenvalue weighted by molar-refractivity contribution is 0.483. The number of nitriles is 3. The zero-order chi connectivity index (χ0) is 16.7. The highest BCUT2D eigenvalue weighted by molar-refractivity contribution is 6.30. The van der Waals surface area contributed by atoms with E-state index in [0.29, 0.717) is 22.2 Å². The Morgan fingerprint density at radius 3 is 1.83 bits per heavy atom. The van der Waals surface area contributed by atoms with E-state index in [1.165, 1.54) is 0 Å². The van der Waals surface area contributed by atoms with Gasteiger partial charge in [-0.1, -0.05) is 11.6 Å². The van der Waals surface area contributed by atoms with Crippen LogP contribution < -0.4 is 10.1 Å². The summed E-state index contributed by atoms with van der Waals surface area (Å²) in [5, 5.41) is 29.9. The van der Waals surface area contributed by atoms with Crippen LogP contribution in [0.5, 0.6) is 11.5 Å². The maximum absolute atomic E-state index is 8.98. The highest BCUT2D eigenvalue weighted by atomic mass is 35.5. The fraction of sp³-hybridized carbons (Fsp3) is 0. The minimum Gasteiger partial charge on any atom is -0.457 e. The van der Waals surface area contributed by atoms with Crippen LogP contribution in [0.25, 0.3) is 0 Å². The first-order valence-electron chi connectivity index (χ1n) is 6.41. The zero-order valence-electron chi connectivity index (χ0n) is 11.7. The van der Waals surface area contributed by atoms with Crippen molar-refractivity contribution in [1.82, 2.24) is 0 Å². The molecule has 0 atom stereocenters. The van der Waals surface area contributed by atoms with E-state index in [9.17, 15) is 0 Å². The third-order valence-corrected chi connectivity index (χ3v) is 3.01. The smallest absolute Gasteiger partial charge is 0.163 e. The molecule has 0 amide bonds. The van der Waals surface area contributed by atoms with Crippen molar-refractivity contribution in [3.8, 4) is 29.7 Å². The number of nitrogens with zero attached hydrogens (tertiary/aromatic N) is 3. The van der Waals surface area contributed by atoms with Gasteiger partial charge in [0.1, 0.15) is 35.4 Å². The van der Waals surface area contributed by atoms with Gasteiger partial charge in [0.15, 0.2) is 5.57 Å². The van der Waals surface area contributed by atoms with Gasteiger partial charge in [-0.05, 0) is 48.5 Å². The SMILES string of the molecule is N#CC(C#N)=C(C#N)Nc1ccc(Oc2ccc(Cl)cc2)cc1. The minimum atomic E-state index is -0.269. The number of hydrogen-bond donors (Lipinski definition) is 1. The lowest BCUT2D eigenvalue weighted by atomic mass is 10.2. The maximum Gasteiger partial charge on any atom is 0.163 e. The number of rotatable bonds is 4. The average molecular weight is 321 g/mol. The van der Waals surface area contributed by atoms with E-state index in [-0.39, 0.29) is 11.3 Å². The fourth-order valence-corrected chi connectivity index (χ4v) is 1.80. The van der Waals surface area contributed by atoms with E-state index >= 15 is 0 Å². The molecular weight excluding hydrogens is 312 g/mol. The molecule has 0 aliphatic heterocycles. The second-order valence-electron chi connectivity index (χ2n) is 4.29. The fourth-order valence-electron chi connectivity index (χ4n) is 1.67. The summed E-state index contributed by atoms with van der Waals surface area (Å²) in [7, 11) is 0. The Hall–Kier alpha value is -3.46.